The standard InChI is InChI=1S/C18H27NO2/c1-13(2)15-5-7-16(8-6-15)19(3)11-14-4-9-17-18(10-14)21-12-20-17/h4,9-10,13,15-16H,5-8,11-12H2,1-3H3. The Morgan fingerprint density at radius 2 is 1.81 bits per heavy atom. The lowest BCUT2D eigenvalue weighted by Crippen LogP contribution is -2.35. The summed E-state index contributed by atoms with van der Waals surface area (Å²) < 4.78 is 10.8. The zero-order chi connectivity index (χ0) is 14.8. The molecule has 1 saturated carbocycles. The minimum Gasteiger partial charge on any atom is -0.454 e. The van der Waals surface area contributed by atoms with Crippen LogP contribution in [0, 0.1) is 11.8 Å². The average Bonchev–Trinajstić information content (AvgIpc) is 2.95. The molecular weight excluding hydrogens is 262 g/mol. The van der Waals surface area contributed by atoms with Crippen molar-refractivity contribution in [3.63, 3.8) is 0 Å². The summed E-state index contributed by atoms with van der Waals surface area (Å²) in [5.74, 6) is 3.54. The minimum atomic E-state index is 0.355. The molecule has 3 heteroatoms. The van der Waals surface area contributed by atoms with Crippen LogP contribution in [-0.4, -0.2) is 24.8 Å². The minimum absolute atomic E-state index is 0.355. The summed E-state index contributed by atoms with van der Waals surface area (Å²) in [7, 11) is 2.25. The van der Waals surface area contributed by atoms with Crippen molar-refractivity contribution in [3.05, 3.63) is 23.8 Å². The van der Waals surface area contributed by atoms with E-state index in [1.54, 1.807) is 0 Å². The lowest BCUT2D eigenvalue weighted by Gasteiger charge is -2.36. The highest BCUT2D eigenvalue weighted by Gasteiger charge is 2.25. The summed E-state index contributed by atoms with van der Waals surface area (Å²) >= 11 is 0. The van der Waals surface area contributed by atoms with Gasteiger partial charge in [-0.15, -0.1) is 0 Å². The normalized spacial score (nSPS) is 24.8. The van der Waals surface area contributed by atoms with Crippen molar-refractivity contribution >= 4 is 0 Å². The summed E-state index contributed by atoms with van der Waals surface area (Å²) in [6.07, 6.45) is 5.44. The van der Waals surface area contributed by atoms with Crippen molar-refractivity contribution in [2.45, 2.75) is 52.1 Å². The second kappa shape index (κ2) is 6.27. The van der Waals surface area contributed by atoms with Crippen LogP contribution in [0.1, 0.15) is 45.1 Å². The Hall–Kier alpha value is -1.22. The quantitative estimate of drug-likeness (QED) is 0.834. The molecule has 2 aliphatic rings. The lowest BCUT2D eigenvalue weighted by atomic mass is 9.79. The van der Waals surface area contributed by atoms with E-state index in [0.717, 1.165) is 35.9 Å². The van der Waals surface area contributed by atoms with Crippen LogP contribution in [0.3, 0.4) is 0 Å². The maximum absolute atomic E-state index is 5.47. The molecule has 3 nitrogen and oxygen atoms in total. The second-order valence-electron chi connectivity index (χ2n) is 6.92. The van der Waals surface area contributed by atoms with Crippen molar-refractivity contribution in [2.75, 3.05) is 13.8 Å². The van der Waals surface area contributed by atoms with Gasteiger partial charge in [0.15, 0.2) is 11.5 Å². The van der Waals surface area contributed by atoms with Gasteiger partial charge in [-0.1, -0.05) is 19.9 Å². The molecule has 0 saturated heterocycles. The van der Waals surface area contributed by atoms with Gasteiger partial charge < -0.3 is 9.47 Å². The molecule has 1 fully saturated rings. The third-order valence-corrected chi connectivity index (χ3v) is 5.18. The number of nitrogens with zero attached hydrogens (tertiary/aromatic N) is 1. The monoisotopic (exact) mass is 289 g/mol. The molecule has 1 aliphatic heterocycles. The van der Waals surface area contributed by atoms with E-state index in [4.69, 9.17) is 9.47 Å². The molecule has 1 aliphatic carbocycles. The van der Waals surface area contributed by atoms with Gasteiger partial charge in [0.05, 0.1) is 0 Å². The molecule has 1 aromatic carbocycles. The fraction of sp³-hybridized carbons (Fsp3) is 0.667. The van der Waals surface area contributed by atoms with Gasteiger partial charge in [0, 0.05) is 12.6 Å². The summed E-state index contributed by atoms with van der Waals surface area (Å²) in [4.78, 5) is 2.51. The highest BCUT2D eigenvalue weighted by Crippen LogP contribution is 2.34. The van der Waals surface area contributed by atoms with Crippen molar-refractivity contribution in [1.29, 1.82) is 0 Å². The van der Waals surface area contributed by atoms with Gasteiger partial charge in [0.2, 0.25) is 6.79 Å². The van der Waals surface area contributed by atoms with E-state index in [1.807, 2.05) is 6.07 Å². The number of hydrogen-bond donors (Lipinski definition) is 0. The van der Waals surface area contributed by atoms with Gasteiger partial charge >= 0.3 is 0 Å². The van der Waals surface area contributed by atoms with Crippen LogP contribution >= 0.6 is 0 Å². The van der Waals surface area contributed by atoms with Crippen molar-refractivity contribution in [3.8, 4) is 11.5 Å². The lowest BCUT2D eigenvalue weighted by molar-refractivity contribution is 0.142. The van der Waals surface area contributed by atoms with Crippen LogP contribution < -0.4 is 9.47 Å². The van der Waals surface area contributed by atoms with Gasteiger partial charge in [-0.3, -0.25) is 4.90 Å². The Balaban J connectivity index is 1.56. The van der Waals surface area contributed by atoms with Crippen molar-refractivity contribution in [1.82, 2.24) is 4.90 Å². The molecule has 0 atom stereocenters. The zero-order valence-electron chi connectivity index (χ0n) is 13.5. The first kappa shape index (κ1) is 14.7. The number of fused-ring (bicyclic) bond motifs is 1. The molecule has 1 aromatic rings. The molecule has 0 bridgehead atoms. The van der Waals surface area contributed by atoms with E-state index in [9.17, 15) is 0 Å². The van der Waals surface area contributed by atoms with Gasteiger partial charge in [0.1, 0.15) is 0 Å². The summed E-state index contributed by atoms with van der Waals surface area (Å²) in [6.45, 7) is 6.07. The van der Waals surface area contributed by atoms with Crippen LogP contribution in [-0.2, 0) is 6.54 Å². The molecule has 0 radical (unpaired) electrons. The average molecular weight is 289 g/mol. The molecule has 0 aromatic heterocycles. The Kier molecular flexibility index (Phi) is 4.39. The first-order chi connectivity index (χ1) is 10.1. The Labute approximate surface area is 128 Å². The molecule has 0 N–H and O–H groups in total. The Bertz CT molecular complexity index is 478. The summed E-state index contributed by atoms with van der Waals surface area (Å²) in [5, 5.41) is 0. The van der Waals surface area contributed by atoms with Crippen LogP contribution in [0.5, 0.6) is 11.5 Å². The highest BCUT2D eigenvalue weighted by molar-refractivity contribution is 5.44. The van der Waals surface area contributed by atoms with Crippen LogP contribution in [0.15, 0.2) is 18.2 Å². The smallest absolute Gasteiger partial charge is 0.231 e. The molecule has 0 amide bonds. The number of ether oxygens (including phenoxy) is 2. The third-order valence-electron chi connectivity index (χ3n) is 5.18. The number of benzene rings is 1. The summed E-state index contributed by atoms with van der Waals surface area (Å²) in [6, 6.07) is 7.04. The van der Waals surface area contributed by atoms with Crippen LogP contribution in [0.4, 0.5) is 0 Å². The molecular formula is C18H27NO2. The van der Waals surface area contributed by atoms with Gasteiger partial charge in [-0.05, 0) is 62.3 Å². The molecule has 116 valence electrons. The van der Waals surface area contributed by atoms with E-state index >= 15 is 0 Å². The van der Waals surface area contributed by atoms with E-state index in [1.165, 1.54) is 31.2 Å². The van der Waals surface area contributed by atoms with Crippen molar-refractivity contribution in [2.24, 2.45) is 11.8 Å². The van der Waals surface area contributed by atoms with E-state index in [-0.39, 0.29) is 0 Å². The maximum Gasteiger partial charge on any atom is 0.231 e. The maximum atomic E-state index is 5.47. The SMILES string of the molecule is CC(C)C1CCC(N(C)Cc2ccc3c(c2)OCO3)CC1. The fourth-order valence-electron chi connectivity index (χ4n) is 3.67. The van der Waals surface area contributed by atoms with Gasteiger partial charge in [-0.25, -0.2) is 0 Å². The molecule has 21 heavy (non-hydrogen) atoms. The molecule has 1 heterocycles. The second-order valence-corrected chi connectivity index (χ2v) is 6.92. The number of hydrogen-bond acceptors (Lipinski definition) is 3. The van der Waals surface area contributed by atoms with Crippen LogP contribution in [0.25, 0.3) is 0 Å². The van der Waals surface area contributed by atoms with Gasteiger partial charge in [-0.2, -0.15) is 0 Å². The predicted octanol–water partition coefficient (Wildman–Crippen LogP) is 4.06. The summed E-state index contributed by atoms with van der Waals surface area (Å²) in [5.41, 5.74) is 1.31. The Morgan fingerprint density at radius 1 is 1.10 bits per heavy atom. The van der Waals surface area contributed by atoms with Gasteiger partial charge in [0.25, 0.3) is 0 Å². The molecule has 0 unspecified atom stereocenters. The zero-order valence-corrected chi connectivity index (χ0v) is 13.5. The highest BCUT2D eigenvalue weighted by atomic mass is 16.7. The van der Waals surface area contributed by atoms with Crippen molar-refractivity contribution < 1.29 is 9.47 Å². The van der Waals surface area contributed by atoms with E-state index in [2.05, 4.69) is 37.9 Å². The van der Waals surface area contributed by atoms with E-state index in [0.29, 0.717) is 6.79 Å². The third kappa shape index (κ3) is 3.34. The van der Waals surface area contributed by atoms with E-state index < -0.39 is 0 Å². The Morgan fingerprint density at radius 3 is 2.52 bits per heavy atom. The number of rotatable bonds is 4. The first-order valence-corrected chi connectivity index (χ1v) is 8.22. The molecule has 3 rings (SSSR count). The topological polar surface area (TPSA) is 21.7 Å². The first-order valence-electron chi connectivity index (χ1n) is 8.22. The largest absolute Gasteiger partial charge is 0.454 e. The van der Waals surface area contributed by atoms with Crippen LogP contribution in [0.2, 0.25) is 0 Å². The fourth-order valence-corrected chi connectivity index (χ4v) is 3.67. The predicted molar refractivity (Wildman–Crippen MR) is 84.6 cm³/mol. The molecule has 0 spiro atoms.